The Balaban J connectivity index is 1.64. The number of hydrogen-bond acceptors (Lipinski definition) is 6. The molecule has 8 heteroatoms. The first-order valence-electron chi connectivity index (χ1n) is 10.8. The third kappa shape index (κ3) is 2.94. The van der Waals surface area contributed by atoms with E-state index in [1.807, 2.05) is 43.3 Å². The number of fused-ring (bicyclic) bond motifs is 4. The molecule has 7 nitrogen and oxygen atoms in total. The molecule has 0 aliphatic carbocycles. The molecule has 0 bridgehead atoms. The minimum Gasteiger partial charge on any atom is -0.322 e. The summed E-state index contributed by atoms with van der Waals surface area (Å²) in [5.41, 5.74) is 4.29. The molecule has 0 spiro atoms. The highest BCUT2D eigenvalue weighted by Crippen LogP contribution is 2.40. The standard InChI is InChI=1S/C25H21N5O2S/c1-16-11-13-19(14-12-16)33(31,32)25-24-26-23(20-8-4-6-10-22(20)30(24)28-27-25)29-17(2)15-18-7-3-5-9-21(18)29/h3-14,17H,15H2,1-2H3/t17-/m1/s1. The average molecular weight is 456 g/mol. The molecule has 0 radical (unpaired) electrons. The predicted octanol–water partition coefficient (Wildman–Crippen LogP) is 4.50. The summed E-state index contributed by atoms with van der Waals surface area (Å²) in [6.07, 6.45) is 0.892. The topological polar surface area (TPSA) is 80.5 Å². The van der Waals surface area contributed by atoms with Crippen LogP contribution in [0.5, 0.6) is 0 Å². The molecule has 164 valence electrons. The van der Waals surface area contributed by atoms with Crippen molar-refractivity contribution in [2.75, 3.05) is 4.90 Å². The lowest BCUT2D eigenvalue weighted by atomic mass is 10.1. The van der Waals surface area contributed by atoms with Gasteiger partial charge in [0.2, 0.25) is 14.9 Å². The number of benzene rings is 3. The highest BCUT2D eigenvalue weighted by atomic mass is 32.2. The molecule has 0 saturated carbocycles. The van der Waals surface area contributed by atoms with Crippen LogP contribution < -0.4 is 4.90 Å². The maximum atomic E-state index is 13.5. The number of aryl methyl sites for hydroxylation is 1. The van der Waals surface area contributed by atoms with E-state index in [1.165, 1.54) is 10.1 Å². The van der Waals surface area contributed by atoms with Gasteiger partial charge in [0.25, 0.3) is 0 Å². The normalized spacial score (nSPS) is 15.9. The van der Waals surface area contributed by atoms with E-state index in [2.05, 4.69) is 34.3 Å². The quantitative estimate of drug-likeness (QED) is 0.398. The van der Waals surface area contributed by atoms with Crippen LogP contribution in [-0.4, -0.2) is 34.3 Å². The SMILES string of the molecule is Cc1ccc(S(=O)(=O)c2nnn3c2nc(N2c4ccccc4C[C@H]2C)c2ccccc23)cc1. The van der Waals surface area contributed by atoms with Crippen LogP contribution in [0.4, 0.5) is 11.5 Å². The lowest BCUT2D eigenvalue weighted by Crippen LogP contribution is -2.25. The highest BCUT2D eigenvalue weighted by molar-refractivity contribution is 7.91. The third-order valence-electron chi connectivity index (χ3n) is 6.22. The van der Waals surface area contributed by atoms with E-state index in [4.69, 9.17) is 4.98 Å². The van der Waals surface area contributed by atoms with E-state index < -0.39 is 9.84 Å². The Morgan fingerprint density at radius 2 is 1.67 bits per heavy atom. The molecule has 3 heterocycles. The minimum atomic E-state index is -3.90. The minimum absolute atomic E-state index is 0.140. The van der Waals surface area contributed by atoms with Crippen molar-refractivity contribution in [3.8, 4) is 0 Å². The Bertz CT molecular complexity index is 1640. The Hall–Kier alpha value is -3.78. The summed E-state index contributed by atoms with van der Waals surface area (Å²) in [7, 11) is -3.90. The third-order valence-corrected chi connectivity index (χ3v) is 7.89. The first-order valence-corrected chi connectivity index (χ1v) is 12.3. The molecule has 3 aromatic carbocycles. The summed E-state index contributed by atoms with van der Waals surface area (Å²) in [6.45, 7) is 4.07. The Labute approximate surface area is 191 Å². The molecule has 5 aromatic rings. The van der Waals surface area contributed by atoms with Crippen LogP contribution in [-0.2, 0) is 16.3 Å². The zero-order valence-corrected chi connectivity index (χ0v) is 19.0. The van der Waals surface area contributed by atoms with Gasteiger partial charge < -0.3 is 4.90 Å². The van der Waals surface area contributed by atoms with Crippen molar-refractivity contribution in [1.82, 2.24) is 19.8 Å². The smallest absolute Gasteiger partial charge is 0.229 e. The van der Waals surface area contributed by atoms with Gasteiger partial charge in [0.1, 0.15) is 5.82 Å². The molecular formula is C25H21N5O2S. The van der Waals surface area contributed by atoms with Crippen molar-refractivity contribution in [3.63, 3.8) is 0 Å². The number of hydrogen-bond donors (Lipinski definition) is 0. The number of para-hydroxylation sites is 2. The number of nitrogens with zero attached hydrogens (tertiary/aromatic N) is 5. The molecular weight excluding hydrogens is 434 g/mol. The summed E-state index contributed by atoms with van der Waals surface area (Å²) in [5, 5.41) is 9.03. The molecule has 1 aliphatic rings. The summed E-state index contributed by atoms with van der Waals surface area (Å²) in [5.74, 6) is 0.707. The predicted molar refractivity (Wildman–Crippen MR) is 127 cm³/mol. The Morgan fingerprint density at radius 3 is 2.48 bits per heavy atom. The molecule has 33 heavy (non-hydrogen) atoms. The maximum Gasteiger partial charge on any atom is 0.229 e. The van der Waals surface area contributed by atoms with Crippen LogP contribution in [0.25, 0.3) is 16.6 Å². The van der Waals surface area contributed by atoms with Crippen LogP contribution in [0, 0.1) is 6.92 Å². The number of anilines is 2. The fourth-order valence-corrected chi connectivity index (χ4v) is 5.84. The van der Waals surface area contributed by atoms with Gasteiger partial charge in [0, 0.05) is 17.1 Å². The van der Waals surface area contributed by atoms with Crippen molar-refractivity contribution in [2.24, 2.45) is 0 Å². The highest BCUT2D eigenvalue weighted by Gasteiger charge is 2.32. The first kappa shape index (κ1) is 19.9. The van der Waals surface area contributed by atoms with Gasteiger partial charge in [-0.25, -0.2) is 13.4 Å². The molecule has 6 rings (SSSR count). The van der Waals surface area contributed by atoms with E-state index in [-0.39, 0.29) is 21.6 Å². The fraction of sp³-hybridized carbons (Fsp3) is 0.160. The van der Waals surface area contributed by atoms with Crippen molar-refractivity contribution in [3.05, 3.63) is 83.9 Å². The van der Waals surface area contributed by atoms with Gasteiger partial charge in [-0.3, -0.25) is 0 Å². The fourth-order valence-electron chi connectivity index (χ4n) is 4.60. The molecule has 1 atom stereocenters. The van der Waals surface area contributed by atoms with Crippen molar-refractivity contribution in [2.45, 2.75) is 36.2 Å². The lowest BCUT2D eigenvalue weighted by molar-refractivity contribution is 0.592. The van der Waals surface area contributed by atoms with E-state index in [0.29, 0.717) is 5.82 Å². The zero-order valence-electron chi connectivity index (χ0n) is 18.2. The molecule has 0 fully saturated rings. The van der Waals surface area contributed by atoms with Crippen LogP contribution in [0.3, 0.4) is 0 Å². The van der Waals surface area contributed by atoms with Crippen molar-refractivity contribution < 1.29 is 8.42 Å². The summed E-state index contributed by atoms with van der Waals surface area (Å²) in [4.78, 5) is 7.25. The average Bonchev–Trinajstić information content (AvgIpc) is 3.39. The van der Waals surface area contributed by atoms with Crippen LogP contribution in [0.15, 0.2) is 82.7 Å². The second kappa shape index (κ2) is 7.11. The molecule has 0 amide bonds. The van der Waals surface area contributed by atoms with Crippen LogP contribution in [0.2, 0.25) is 0 Å². The van der Waals surface area contributed by atoms with E-state index >= 15 is 0 Å². The maximum absolute atomic E-state index is 13.5. The van der Waals surface area contributed by atoms with Crippen LogP contribution in [0.1, 0.15) is 18.1 Å². The molecule has 1 aliphatic heterocycles. The molecule has 0 unspecified atom stereocenters. The zero-order chi connectivity index (χ0) is 22.7. The summed E-state index contributed by atoms with van der Waals surface area (Å²) in [6, 6.07) is 22.9. The van der Waals surface area contributed by atoms with Crippen LogP contribution >= 0.6 is 0 Å². The monoisotopic (exact) mass is 455 g/mol. The molecule has 0 saturated heterocycles. The summed E-state index contributed by atoms with van der Waals surface area (Å²) >= 11 is 0. The largest absolute Gasteiger partial charge is 0.322 e. The number of rotatable bonds is 3. The van der Waals surface area contributed by atoms with E-state index in [1.54, 1.807) is 24.3 Å². The van der Waals surface area contributed by atoms with E-state index in [0.717, 1.165) is 28.6 Å². The number of sulfone groups is 1. The summed E-state index contributed by atoms with van der Waals surface area (Å²) < 4.78 is 28.5. The Morgan fingerprint density at radius 1 is 0.939 bits per heavy atom. The second-order valence-corrected chi connectivity index (χ2v) is 10.3. The second-order valence-electron chi connectivity index (χ2n) is 8.45. The molecule has 2 aromatic heterocycles. The van der Waals surface area contributed by atoms with Gasteiger partial charge in [-0.15, -0.1) is 5.10 Å². The van der Waals surface area contributed by atoms with Gasteiger partial charge in [-0.05, 0) is 56.2 Å². The van der Waals surface area contributed by atoms with E-state index in [9.17, 15) is 8.42 Å². The van der Waals surface area contributed by atoms with Crippen molar-refractivity contribution in [1.29, 1.82) is 0 Å². The van der Waals surface area contributed by atoms with Gasteiger partial charge in [-0.1, -0.05) is 53.2 Å². The Kier molecular flexibility index (Phi) is 4.28. The lowest BCUT2D eigenvalue weighted by Gasteiger charge is -2.25. The van der Waals surface area contributed by atoms with Gasteiger partial charge >= 0.3 is 0 Å². The number of aromatic nitrogens is 4. The van der Waals surface area contributed by atoms with Gasteiger partial charge in [0.15, 0.2) is 5.65 Å². The van der Waals surface area contributed by atoms with Gasteiger partial charge in [-0.2, -0.15) is 4.52 Å². The van der Waals surface area contributed by atoms with Gasteiger partial charge in [0.05, 0.1) is 10.4 Å². The first-order chi connectivity index (χ1) is 15.9. The molecule has 0 N–H and O–H groups in total. The van der Waals surface area contributed by atoms with Crippen molar-refractivity contribution >= 4 is 37.9 Å².